The molecule has 1 aliphatic rings. The smallest absolute Gasteiger partial charge is 0.325 e. The number of ether oxygens (including phenoxy) is 1. The van der Waals surface area contributed by atoms with E-state index in [0.717, 1.165) is 10.6 Å². The number of nitrogens with zero attached hydrogens (tertiary/aromatic N) is 1. The molecule has 5 heteroatoms. The summed E-state index contributed by atoms with van der Waals surface area (Å²) in [5.41, 5.74) is 0.0424. The highest BCUT2D eigenvalue weighted by molar-refractivity contribution is 7.98. The summed E-state index contributed by atoms with van der Waals surface area (Å²) in [5, 5.41) is 0. The second-order valence-corrected chi connectivity index (χ2v) is 6.17. The van der Waals surface area contributed by atoms with Gasteiger partial charge in [0.1, 0.15) is 0 Å². The third-order valence-corrected chi connectivity index (χ3v) is 4.97. The molecule has 1 atom stereocenters. The van der Waals surface area contributed by atoms with Crippen molar-refractivity contribution in [2.75, 3.05) is 13.4 Å². The van der Waals surface area contributed by atoms with Crippen LogP contribution in [0.15, 0.2) is 47.5 Å². The van der Waals surface area contributed by atoms with Crippen LogP contribution in [0.3, 0.4) is 0 Å². The fraction of sp³-hybridized carbons (Fsp3) is 0.294. The first-order chi connectivity index (χ1) is 10.6. The number of Topliss-reactive ketones (excluding diaryl/α,β-unsaturated/α-hetero) is 1. The van der Waals surface area contributed by atoms with Gasteiger partial charge in [0.15, 0.2) is 11.2 Å². The lowest BCUT2D eigenvalue weighted by Crippen LogP contribution is -2.43. The highest BCUT2D eigenvalue weighted by Gasteiger charge is 2.53. The van der Waals surface area contributed by atoms with Crippen LogP contribution in [0.4, 0.5) is 0 Å². The van der Waals surface area contributed by atoms with Gasteiger partial charge in [0.2, 0.25) is 0 Å². The van der Waals surface area contributed by atoms with E-state index in [9.17, 15) is 9.59 Å². The number of carbonyl (C=O) groups is 2. The molecule has 0 saturated carbocycles. The molecule has 2 heterocycles. The van der Waals surface area contributed by atoms with E-state index in [1.165, 1.54) is 7.11 Å². The molecule has 0 bridgehead atoms. The van der Waals surface area contributed by atoms with Crippen LogP contribution >= 0.6 is 11.8 Å². The van der Waals surface area contributed by atoms with Gasteiger partial charge in [-0.05, 0) is 36.9 Å². The molecule has 2 aromatic rings. The maximum Gasteiger partial charge on any atom is 0.325 e. The first-order valence-electron chi connectivity index (χ1n) is 7.06. The Morgan fingerprint density at radius 3 is 2.82 bits per heavy atom. The van der Waals surface area contributed by atoms with Gasteiger partial charge in [0.05, 0.1) is 7.11 Å². The predicted molar refractivity (Wildman–Crippen MR) is 85.3 cm³/mol. The topological polar surface area (TPSA) is 48.3 Å². The molecular formula is C17H17NO3S. The molecule has 4 nitrogen and oxygen atoms in total. The van der Waals surface area contributed by atoms with Crippen molar-refractivity contribution in [3.05, 3.63) is 53.9 Å². The molecule has 0 spiro atoms. The molecule has 1 aromatic heterocycles. The van der Waals surface area contributed by atoms with E-state index >= 15 is 0 Å². The molecule has 1 aromatic carbocycles. The Morgan fingerprint density at radius 1 is 1.27 bits per heavy atom. The van der Waals surface area contributed by atoms with E-state index in [4.69, 9.17) is 4.74 Å². The zero-order valence-corrected chi connectivity index (χ0v) is 13.4. The number of fused-ring (bicyclic) bond motifs is 1. The third kappa shape index (κ3) is 2.08. The number of hydrogen-bond donors (Lipinski definition) is 0. The number of hydrogen-bond acceptors (Lipinski definition) is 4. The highest BCUT2D eigenvalue weighted by atomic mass is 32.2. The van der Waals surface area contributed by atoms with Crippen molar-refractivity contribution in [2.45, 2.75) is 23.3 Å². The number of benzene rings is 1. The van der Waals surface area contributed by atoms with Crippen LogP contribution in [0.25, 0.3) is 0 Å². The summed E-state index contributed by atoms with van der Waals surface area (Å²) in [6.45, 7) is 0.644. The second-order valence-electron chi connectivity index (χ2n) is 5.29. The molecule has 1 aliphatic heterocycles. The number of carbonyl (C=O) groups excluding carboxylic acids is 2. The number of aromatic nitrogens is 1. The van der Waals surface area contributed by atoms with Gasteiger partial charge in [-0.25, -0.2) is 0 Å². The fourth-order valence-electron chi connectivity index (χ4n) is 3.13. The van der Waals surface area contributed by atoms with Crippen molar-refractivity contribution in [3.8, 4) is 0 Å². The van der Waals surface area contributed by atoms with Gasteiger partial charge in [-0.15, -0.1) is 11.8 Å². The Bertz CT molecular complexity index is 737. The number of esters is 1. The summed E-state index contributed by atoms with van der Waals surface area (Å²) in [5.74, 6) is -0.669. The summed E-state index contributed by atoms with van der Waals surface area (Å²) >= 11 is 1.57. The van der Waals surface area contributed by atoms with Crippen molar-refractivity contribution < 1.29 is 14.3 Å². The van der Waals surface area contributed by atoms with E-state index in [1.54, 1.807) is 17.8 Å². The standard InChI is InChI=1S/C17H17NO3S/c1-21-16(20)17(8-10-18-9-4-7-14(17)18)15(19)12-5-3-6-13(11-12)22-2/h3-7,9,11H,8,10H2,1-2H3. The van der Waals surface area contributed by atoms with Crippen LogP contribution in [-0.4, -0.2) is 29.7 Å². The lowest BCUT2D eigenvalue weighted by molar-refractivity contribution is -0.145. The van der Waals surface area contributed by atoms with Crippen molar-refractivity contribution in [1.82, 2.24) is 4.57 Å². The molecule has 114 valence electrons. The minimum absolute atomic E-state index is 0.187. The highest BCUT2D eigenvalue weighted by Crippen LogP contribution is 2.39. The largest absolute Gasteiger partial charge is 0.468 e. The van der Waals surface area contributed by atoms with E-state index in [2.05, 4.69) is 0 Å². The van der Waals surface area contributed by atoms with Crippen LogP contribution < -0.4 is 0 Å². The molecule has 0 aliphatic carbocycles. The SMILES string of the molecule is COC(=O)C1(C(=O)c2cccc(SC)c2)CCn2cccc21. The van der Waals surface area contributed by atoms with E-state index in [-0.39, 0.29) is 5.78 Å². The average Bonchev–Trinajstić information content (AvgIpc) is 3.16. The summed E-state index contributed by atoms with van der Waals surface area (Å²) in [6.07, 6.45) is 4.30. The molecular weight excluding hydrogens is 298 g/mol. The summed E-state index contributed by atoms with van der Waals surface area (Å²) < 4.78 is 6.94. The van der Waals surface area contributed by atoms with Gasteiger partial charge in [-0.2, -0.15) is 0 Å². The first-order valence-corrected chi connectivity index (χ1v) is 8.29. The molecule has 0 N–H and O–H groups in total. The first kappa shape index (κ1) is 14.9. The van der Waals surface area contributed by atoms with Gasteiger partial charge in [0.25, 0.3) is 0 Å². The zero-order valence-electron chi connectivity index (χ0n) is 12.5. The van der Waals surface area contributed by atoms with Crippen LogP contribution in [0, 0.1) is 0 Å². The number of ketones is 1. The summed E-state index contributed by atoms with van der Waals surface area (Å²) in [7, 11) is 1.33. The number of methoxy groups -OCH3 is 1. The Labute approximate surface area is 133 Å². The summed E-state index contributed by atoms with van der Waals surface area (Å²) in [4.78, 5) is 26.7. The van der Waals surface area contributed by atoms with Gasteiger partial charge >= 0.3 is 5.97 Å². The Kier molecular flexibility index (Phi) is 3.83. The van der Waals surface area contributed by atoms with Crippen molar-refractivity contribution in [3.63, 3.8) is 0 Å². The molecule has 0 amide bonds. The average molecular weight is 315 g/mol. The van der Waals surface area contributed by atoms with Gasteiger partial charge in [-0.3, -0.25) is 9.59 Å². The minimum atomic E-state index is -1.23. The van der Waals surface area contributed by atoms with Gasteiger partial charge in [0, 0.05) is 28.9 Å². The number of rotatable bonds is 4. The quantitative estimate of drug-likeness (QED) is 0.377. The van der Waals surface area contributed by atoms with Crippen molar-refractivity contribution in [1.29, 1.82) is 0 Å². The van der Waals surface area contributed by atoms with Crippen LogP contribution in [0.2, 0.25) is 0 Å². The Balaban J connectivity index is 2.12. The lowest BCUT2D eigenvalue weighted by atomic mass is 9.76. The predicted octanol–water partition coefficient (Wildman–Crippen LogP) is 2.91. The minimum Gasteiger partial charge on any atom is -0.468 e. The van der Waals surface area contributed by atoms with E-state index < -0.39 is 11.4 Å². The Hall–Kier alpha value is -2.01. The Morgan fingerprint density at radius 2 is 2.09 bits per heavy atom. The fourth-order valence-corrected chi connectivity index (χ4v) is 3.59. The summed E-state index contributed by atoms with van der Waals surface area (Å²) in [6, 6.07) is 11.1. The third-order valence-electron chi connectivity index (χ3n) is 4.25. The van der Waals surface area contributed by atoms with Gasteiger partial charge in [-0.1, -0.05) is 12.1 Å². The second kappa shape index (κ2) is 5.65. The number of aryl methyl sites for hydroxylation is 1. The monoisotopic (exact) mass is 315 g/mol. The van der Waals surface area contributed by atoms with Crippen molar-refractivity contribution in [2.24, 2.45) is 0 Å². The maximum atomic E-state index is 13.2. The van der Waals surface area contributed by atoms with Crippen LogP contribution in [0.5, 0.6) is 0 Å². The molecule has 0 fully saturated rings. The molecule has 0 radical (unpaired) electrons. The van der Waals surface area contributed by atoms with E-state index in [0.29, 0.717) is 18.5 Å². The van der Waals surface area contributed by atoms with Crippen molar-refractivity contribution >= 4 is 23.5 Å². The normalized spacial score (nSPS) is 19.7. The van der Waals surface area contributed by atoms with E-state index in [1.807, 2.05) is 47.4 Å². The molecule has 1 unspecified atom stereocenters. The van der Waals surface area contributed by atoms with Gasteiger partial charge < -0.3 is 9.30 Å². The molecule has 22 heavy (non-hydrogen) atoms. The number of thioether (sulfide) groups is 1. The molecule has 3 rings (SSSR count). The lowest BCUT2D eigenvalue weighted by Gasteiger charge is -2.24. The van der Waals surface area contributed by atoms with Crippen LogP contribution in [0.1, 0.15) is 22.5 Å². The maximum absolute atomic E-state index is 13.2. The zero-order chi connectivity index (χ0) is 15.7. The molecule has 0 saturated heterocycles. The van der Waals surface area contributed by atoms with Crippen LogP contribution in [-0.2, 0) is 21.5 Å².